The van der Waals surface area contributed by atoms with Crippen molar-refractivity contribution in [1.29, 1.82) is 5.26 Å². The molecule has 5 nitrogen and oxygen atoms in total. The summed E-state index contributed by atoms with van der Waals surface area (Å²) in [6, 6.07) is 1.80. The second kappa shape index (κ2) is 3.12. The first kappa shape index (κ1) is 7.69. The van der Waals surface area contributed by atoms with Crippen LogP contribution in [0.2, 0.25) is 0 Å². The Labute approximate surface area is 63.9 Å². The van der Waals surface area contributed by atoms with E-state index in [4.69, 9.17) is 10.4 Å². The first-order valence-corrected chi connectivity index (χ1v) is 3.20. The molecule has 1 N–H and O–H groups in total. The van der Waals surface area contributed by atoms with E-state index in [2.05, 4.69) is 10.1 Å². The molecular weight excluding hydrogens is 144 g/mol. The molecule has 0 unspecified atom stereocenters. The zero-order valence-electron chi connectivity index (χ0n) is 6.10. The summed E-state index contributed by atoms with van der Waals surface area (Å²) in [7, 11) is 0. The van der Waals surface area contributed by atoms with Crippen LogP contribution in [0.1, 0.15) is 12.7 Å². The van der Waals surface area contributed by atoms with Crippen molar-refractivity contribution in [2.45, 2.75) is 19.6 Å². The number of aliphatic hydroxyl groups excluding tert-OH is 1. The van der Waals surface area contributed by atoms with Crippen LogP contribution < -0.4 is 0 Å². The van der Waals surface area contributed by atoms with Crippen LogP contribution in [0.4, 0.5) is 0 Å². The molecule has 0 aromatic carbocycles. The van der Waals surface area contributed by atoms with E-state index in [1.54, 1.807) is 13.0 Å². The van der Waals surface area contributed by atoms with E-state index in [9.17, 15) is 0 Å². The first-order valence-electron chi connectivity index (χ1n) is 3.20. The summed E-state index contributed by atoms with van der Waals surface area (Å²) in [4.78, 5) is 3.67. The third kappa shape index (κ3) is 2.02. The maximum Gasteiger partial charge on any atom is 0.252 e. The minimum absolute atomic E-state index is 0.130. The van der Waals surface area contributed by atoms with Gasteiger partial charge in [0.05, 0.1) is 12.6 Å². The second-order valence-corrected chi connectivity index (χ2v) is 2.25. The van der Waals surface area contributed by atoms with Crippen molar-refractivity contribution in [2.75, 3.05) is 0 Å². The summed E-state index contributed by atoms with van der Waals surface area (Å²) < 4.78 is 1.43. The van der Waals surface area contributed by atoms with Crippen LogP contribution in [-0.2, 0) is 6.54 Å². The molecule has 0 amide bonds. The molecule has 0 aliphatic carbocycles. The average Bonchev–Trinajstić information content (AvgIpc) is 2.34. The van der Waals surface area contributed by atoms with Gasteiger partial charge in [-0.05, 0) is 6.92 Å². The highest BCUT2D eigenvalue weighted by molar-refractivity contribution is 5.05. The van der Waals surface area contributed by atoms with Crippen LogP contribution in [0.25, 0.3) is 0 Å². The third-order valence-electron chi connectivity index (χ3n) is 1.09. The largest absolute Gasteiger partial charge is 0.391 e. The Balaban J connectivity index is 2.67. The molecule has 0 radical (unpaired) electrons. The number of aromatic nitrogens is 3. The summed E-state index contributed by atoms with van der Waals surface area (Å²) in [5.74, 6) is 0.130. The monoisotopic (exact) mass is 152 g/mol. The molecule has 0 bridgehead atoms. The van der Waals surface area contributed by atoms with Gasteiger partial charge in [-0.1, -0.05) is 0 Å². The van der Waals surface area contributed by atoms with Gasteiger partial charge in [-0.2, -0.15) is 5.26 Å². The SMILES string of the molecule is C[C@H](O)Cn1cnc(C#N)n1. The summed E-state index contributed by atoms with van der Waals surface area (Å²) in [6.07, 6.45) is 0.953. The molecule has 0 saturated carbocycles. The van der Waals surface area contributed by atoms with Gasteiger partial charge >= 0.3 is 0 Å². The van der Waals surface area contributed by atoms with Gasteiger partial charge in [-0.15, -0.1) is 5.10 Å². The predicted molar refractivity (Wildman–Crippen MR) is 36.4 cm³/mol. The minimum atomic E-state index is -0.469. The van der Waals surface area contributed by atoms with Gasteiger partial charge in [0.15, 0.2) is 0 Å². The minimum Gasteiger partial charge on any atom is -0.391 e. The number of hydrogen-bond acceptors (Lipinski definition) is 4. The van der Waals surface area contributed by atoms with Crippen molar-refractivity contribution in [3.05, 3.63) is 12.2 Å². The van der Waals surface area contributed by atoms with E-state index in [0.717, 1.165) is 0 Å². The number of nitrogens with zero attached hydrogens (tertiary/aromatic N) is 4. The zero-order chi connectivity index (χ0) is 8.27. The lowest BCUT2D eigenvalue weighted by Gasteiger charge is -2.00. The van der Waals surface area contributed by atoms with Gasteiger partial charge in [0.25, 0.3) is 5.82 Å². The standard InChI is InChI=1S/C6H8N4O/c1-5(11)3-10-4-8-6(2-7)9-10/h4-5,11H,3H2,1H3/t5-/m0/s1. The summed E-state index contributed by atoms with van der Waals surface area (Å²) >= 11 is 0. The Hall–Kier alpha value is -1.41. The Morgan fingerprint density at radius 3 is 3.09 bits per heavy atom. The van der Waals surface area contributed by atoms with Crippen molar-refractivity contribution in [2.24, 2.45) is 0 Å². The average molecular weight is 152 g/mol. The van der Waals surface area contributed by atoms with Crippen molar-refractivity contribution in [3.63, 3.8) is 0 Å². The molecule has 0 fully saturated rings. The van der Waals surface area contributed by atoms with Crippen LogP contribution in [0, 0.1) is 11.3 Å². The Morgan fingerprint density at radius 2 is 2.64 bits per heavy atom. The summed E-state index contributed by atoms with van der Waals surface area (Å²) in [6.45, 7) is 2.02. The highest BCUT2D eigenvalue weighted by atomic mass is 16.3. The van der Waals surface area contributed by atoms with Gasteiger partial charge in [0.2, 0.25) is 0 Å². The van der Waals surface area contributed by atoms with Gasteiger partial charge < -0.3 is 5.11 Å². The predicted octanol–water partition coefficient (Wildman–Crippen LogP) is -0.469. The lowest BCUT2D eigenvalue weighted by atomic mass is 10.4. The van der Waals surface area contributed by atoms with Crippen molar-refractivity contribution in [1.82, 2.24) is 14.8 Å². The van der Waals surface area contributed by atoms with Crippen molar-refractivity contribution >= 4 is 0 Å². The van der Waals surface area contributed by atoms with Gasteiger partial charge in [0, 0.05) is 0 Å². The van der Waals surface area contributed by atoms with Gasteiger partial charge in [-0.25, -0.2) is 9.67 Å². The molecule has 11 heavy (non-hydrogen) atoms. The Kier molecular flexibility index (Phi) is 2.18. The molecule has 0 spiro atoms. The quantitative estimate of drug-likeness (QED) is 0.621. The van der Waals surface area contributed by atoms with Gasteiger partial charge in [-0.3, -0.25) is 0 Å². The maximum absolute atomic E-state index is 8.92. The fraction of sp³-hybridized carbons (Fsp3) is 0.500. The number of hydrogen-bond donors (Lipinski definition) is 1. The van der Waals surface area contributed by atoms with E-state index in [-0.39, 0.29) is 5.82 Å². The molecule has 1 aromatic rings. The van der Waals surface area contributed by atoms with E-state index < -0.39 is 6.10 Å². The summed E-state index contributed by atoms with van der Waals surface area (Å²) in [5.41, 5.74) is 0. The van der Waals surface area contributed by atoms with Crippen LogP contribution >= 0.6 is 0 Å². The molecule has 0 saturated heterocycles. The first-order chi connectivity index (χ1) is 5.22. The highest BCUT2D eigenvalue weighted by Gasteiger charge is 2.00. The summed E-state index contributed by atoms with van der Waals surface area (Å²) in [5, 5.41) is 21.0. The van der Waals surface area contributed by atoms with E-state index >= 15 is 0 Å². The van der Waals surface area contributed by atoms with Crippen molar-refractivity contribution in [3.8, 4) is 6.07 Å². The molecule has 1 heterocycles. The van der Waals surface area contributed by atoms with Crippen molar-refractivity contribution < 1.29 is 5.11 Å². The highest BCUT2D eigenvalue weighted by Crippen LogP contribution is 1.90. The lowest BCUT2D eigenvalue weighted by Crippen LogP contribution is -2.12. The van der Waals surface area contributed by atoms with Gasteiger partial charge in [0.1, 0.15) is 12.4 Å². The molecule has 1 atom stereocenters. The second-order valence-electron chi connectivity index (χ2n) is 2.25. The topological polar surface area (TPSA) is 74.7 Å². The fourth-order valence-corrected chi connectivity index (χ4v) is 0.705. The Morgan fingerprint density at radius 1 is 1.91 bits per heavy atom. The zero-order valence-corrected chi connectivity index (χ0v) is 6.10. The fourth-order valence-electron chi connectivity index (χ4n) is 0.705. The van der Waals surface area contributed by atoms with Crippen LogP contribution in [0.15, 0.2) is 6.33 Å². The molecular formula is C6H8N4O. The van der Waals surface area contributed by atoms with Crippen LogP contribution in [0.5, 0.6) is 0 Å². The van der Waals surface area contributed by atoms with Crippen LogP contribution in [-0.4, -0.2) is 26.0 Å². The normalized spacial score (nSPS) is 12.5. The molecule has 0 aliphatic rings. The molecule has 1 aromatic heterocycles. The Bertz CT molecular complexity index is 272. The number of nitriles is 1. The number of aliphatic hydroxyl groups is 1. The van der Waals surface area contributed by atoms with E-state index in [1.165, 1.54) is 11.0 Å². The van der Waals surface area contributed by atoms with E-state index in [1.807, 2.05) is 0 Å². The smallest absolute Gasteiger partial charge is 0.252 e. The lowest BCUT2D eigenvalue weighted by molar-refractivity contribution is 0.168. The maximum atomic E-state index is 8.92. The molecule has 1 rings (SSSR count). The van der Waals surface area contributed by atoms with E-state index in [0.29, 0.717) is 6.54 Å². The number of rotatable bonds is 2. The third-order valence-corrected chi connectivity index (χ3v) is 1.09. The van der Waals surface area contributed by atoms with Crippen LogP contribution in [0.3, 0.4) is 0 Å². The molecule has 58 valence electrons. The molecule has 5 heteroatoms. The molecule has 0 aliphatic heterocycles.